The third-order valence-electron chi connectivity index (χ3n) is 14.3. The van der Waals surface area contributed by atoms with E-state index in [0.717, 1.165) is 68.5 Å². The van der Waals surface area contributed by atoms with Gasteiger partial charge in [0.25, 0.3) is 0 Å². The predicted octanol–water partition coefficient (Wildman–Crippen LogP) is 17.1. The summed E-state index contributed by atoms with van der Waals surface area (Å²) in [6.07, 6.45) is 14.2. The highest BCUT2D eigenvalue weighted by Gasteiger charge is 2.30. The van der Waals surface area contributed by atoms with Crippen LogP contribution in [0.4, 0.5) is 22.7 Å². The van der Waals surface area contributed by atoms with E-state index in [1.165, 1.54) is 74.9 Å². The number of hydrogen-bond acceptors (Lipinski definition) is 5. The van der Waals surface area contributed by atoms with Gasteiger partial charge >= 0.3 is 0 Å². The van der Waals surface area contributed by atoms with Crippen molar-refractivity contribution in [3.05, 3.63) is 215 Å². The first-order valence-electron chi connectivity index (χ1n) is 23.7. The van der Waals surface area contributed by atoms with Crippen LogP contribution in [0.5, 0.6) is 0 Å². The molecule has 4 nitrogen and oxygen atoms in total. The van der Waals surface area contributed by atoms with E-state index in [2.05, 4.69) is 201 Å². The summed E-state index contributed by atoms with van der Waals surface area (Å²) in [6.45, 7) is 11.2. The Hall–Kier alpha value is -7.21. The first kappa shape index (κ1) is 42.4. The maximum Gasteiger partial charge on any atom is 0.124 e. The Labute approximate surface area is 399 Å². The molecule has 0 saturated heterocycles. The third-order valence-corrected chi connectivity index (χ3v) is 15.4. The number of allylic oxidation sites excluding steroid dienone is 6. The van der Waals surface area contributed by atoms with Crippen LogP contribution < -0.4 is 4.90 Å². The minimum atomic E-state index is -0.223. The van der Waals surface area contributed by atoms with Gasteiger partial charge in [-0.3, -0.25) is 9.98 Å². The van der Waals surface area contributed by atoms with Crippen molar-refractivity contribution in [2.24, 2.45) is 9.98 Å². The highest BCUT2D eigenvalue weighted by atomic mass is 32.1. The highest BCUT2D eigenvalue weighted by Crippen LogP contribution is 2.46. The minimum absolute atomic E-state index is 0.223. The van der Waals surface area contributed by atoms with Gasteiger partial charge in [-0.1, -0.05) is 152 Å². The Kier molecular flexibility index (Phi) is 11.3. The van der Waals surface area contributed by atoms with Gasteiger partial charge in [0, 0.05) is 34.5 Å². The molecule has 0 N–H and O–H groups in total. The van der Waals surface area contributed by atoms with Crippen LogP contribution >= 0.6 is 11.3 Å². The number of anilines is 2. The SMILES string of the molecule is C=Nc1ccccc1N(Cc1ccc(-c2ccc(C3(C)C=CC(C(C)=Nc4ccccc4C)=CC3)c3sc(-c4ccc(-c5ccc6c(c5)C5=C(CCCC5)C6)cc4)nc23)cc1)c1ccccc1. The fourth-order valence-corrected chi connectivity index (χ4v) is 11.6. The lowest BCUT2D eigenvalue weighted by Crippen LogP contribution is -2.21. The molecule has 8 aromatic rings. The molecule has 0 aliphatic heterocycles. The van der Waals surface area contributed by atoms with Crippen molar-refractivity contribution < 1.29 is 0 Å². The standard InChI is InChI=1S/C62H54N4S/c1-41-14-8-11-19-56(41)64-42(2)44-34-36-62(3,37-35-44)55-33-32-53(46-24-22-43(23-25-46)40-66(51-16-6-5-7-17-51)58-21-13-12-20-57(58)63-4)59-60(55)67-61(65-59)47-28-26-45(27-29-47)48-30-31-50-38-49-15-9-10-18-52(49)54(50)39-48/h5-8,11-14,16-17,19-36,39H,4,9-10,15,18,37-38,40H2,1-3H3. The normalized spacial score (nSPS) is 16.8. The second-order valence-electron chi connectivity index (χ2n) is 18.6. The van der Waals surface area contributed by atoms with Crippen LogP contribution in [-0.2, 0) is 18.4 Å². The van der Waals surface area contributed by atoms with Crippen molar-refractivity contribution in [1.29, 1.82) is 0 Å². The predicted molar refractivity (Wildman–Crippen MR) is 286 cm³/mol. The van der Waals surface area contributed by atoms with Crippen molar-refractivity contribution in [1.82, 2.24) is 4.98 Å². The summed E-state index contributed by atoms with van der Waals surface area (Å²) < 4.78 is 1.23. The number of nitrogens with zero attached hydrogens (tertiary/aromatic N) is 4. The maximum atomic E-state index is 5.54. The van der Waals surface area contributed by atoms with Gasteiger partial charge in [0.1, 0.15) is 5.01 Å². The molecule has 1 unspecified atom stereocenters. The molecule has 0 spiro atoms. The maximum absolute atomic E-state index is 5.54. The fraction of sp³-hybridized carbons (Fsp3) is 0.177. The first-order chi connectivity index (χ1) is 32.8. The number of aliphatic imine (C=N–C) groups is 2. The topological polar surface area (TPSA) is 40.9 Å². The third kappa shape index (κ3) is 8.23. The van der Waals surface area contributed by atoms with E-state index in [4.69, 9.17) is 9.98 Å². The highest BCUT2D eigenvalue weighted by molar-refractivity contribution is 7.22. The van der Waals surface area contributed by atoms with Gasteiger partial charge in [-0.05, 0) is 151 Å². The van der Waals surface area contributed by atoms with Gasteiger partial charge in [0.15, 0.2) is 0 Å². The average molecular weight is 887 g/mol. The smallest absolute Gasteiger partial charge is 0.124 e. The van der Waals surface area contributed by atoms with E-state index in [0.29, 0.717) is 6.54 Å². The Balaban J connectivity index is 0.943. The van der Waals surface area contributed by atoms with Crippen LogP contribution in [-0.4, -0.2) is 17.4 Å². The van der Waals surface area contributed by atoms with Crippen molar-refractivity contribution in [3.63, 3.8) is 0 Å². The Morgan fingerprint density at radius 3 is 2.22 bits per heavy atom. The van der Waals surface area contributed by atoms with E-state index < -0.39 is 0 Å². The zero-order valence-electron chi connectivity index (χ0n) is 38.6. The largest absolute Gasteiger partial charge is 0.335 e. The number of fused-ring (bicyclic) bond motifs is 3. The zero-order valence-corrected chi connectivity index (χ0v) is 39.4. The number of rotatable bonds is 11. The summed E-state index contributed by atoms with van der Waals surface area (Å²) in [5.74, 6) is 0. The van der Waals surface area contributed by atoms with Gasteiger partial charge in [0.2, 0.25) is 0 Å². The molecule has 0 bridgehead atoms. The first-order valence-corrected chi connectivity index (χ1v) is 24.5. The van der Waals surface area contributed by atoms with E-state index in [9.17, 15) is 0 Å². The number of aryl methyl sites for hydroxylation is 1. The summed E-state index contributed by atoms with van der Waals surface area (Å²) in [7, 11) is 0. The summed E-state index contributed by atoms with van der Waals surface area (Å²) >= 11 is 1.81. The van der Waals surface area contributed by atoms with Gasteiger partial charge in [-0.25, -0.2) is 4.98 Å². The molecule has 1 aromatic heterocycles. The Morgan fingerprint density at radius 2 is 1.45 bits per heavy atom. The molecule has 7 aromatic carbocycles. The molecule has 5 heteroatoms. The molecule has 0 amide bonds. The lowest BCUT2D eigenvalue weighted by Gasteiger charge is -2.29. The molecule has 11 rings (SSSR count). The molecule has 328 valence electrons. The van der Waals surface area contributed by atoms with Crippen molar-refractivity contribution in [3.8, 4) is 32.8 Å². The van der Waals surface area contributed by atoms with Gasteiger partial charge in [-0.2, -0.15) is 0 Å². The van der Waals surface area contributed by atoms with Crippen LogP contribution in [0, 0.1) is 6.92 Å². The van der Waals surface area contributed by atoms with Crippen molar-refractivity contribution in [2.45, 2.75) is 71.3 Å². The fourth-order valence-electron chi connectivity index (χ4n) is 10.4. The molecule has 3 aliphatic rings. The number of hydrogen-bond donors (Lipinski definition) is 0. The van der Waals surface area contributed by atoms with Crippen LogP contribution in [0.2, 0.25) is 0 Å². The number of benzene rings is 7. The monoisotopic (exact) mass is 886 g/mol. The lowest BCUT2D eigenvalue weighted by molar-refractivity contribution is 0.604. The van der Waals surface area contributed by atoms with Gasteiger partial charge < -0.3 is 4.90 Å². The molecule has 3 aliphatic carbocycles. The minimum Gasteiger partial charge on any atom is -0.335 e. The molecular formula is C62H54N4S. The second kappa shape index (κ2) is 17.9. The molecular weight excluding hydrogens is 833 g/mol. The quantitative estimate of drug-likeness (QED) is 0.121. The number of para-hydroxylation sites is 4. The number of thiazole rings is 1. The summed E-state index contributed by atoms with van der Waals surface area (Å²) in [6, 6.07) is 57.0. The second-order valence-corrected chi connectivity index (χ2v) is 19.6. The van der Waals surface area contributed by atoms with E-state index in [1.54, 1.807) is 11.1 Å². The van der Waals surface area contributed by atoms with Crippen molar-refractivity contribution in [2.75, 3.05) is 4.90 Å². The van der Waals surface area contributed by atoms with Crippen molar-refractivity contribution >= 4 is 62.3 Å². The summed E-state index contributed by atoms with van der Waals surface area (Å²) in [5.41, 5.74) is 23.0. The Bertz CT molecular complexity index is 3310. The lowest BCUT2D eigenvalue weighted by atomic mass is 9.75. The molecule has 0 radical (unpaired) electrons. The average Bonchev–Trinajstić information content (AvgIpc) is 3.99. The van der Waals surface area contributed by atoms with Gasteiger partial charge in [0.05, 0.1) is 27.3 Å². The molecule has 0 saturated carbocycles. The summed E-state index contributed by atoms with van der Waals surface area (Å²) in [4.78, 5) is 17.2. The molecule has 1 atom stereocenters. The molecule has 67 heavy (non-hydrogen) atoms. The number of aromatic nitrogens is 1. The van der Waals surface area contributed by atoms with Crippen LogP contribution in [0.15, 0.2) is 197 Å². The molecule has 1 heterocycles. The Morgan fingerprint density at radius 1 is 0.731 bits per heavy atom. The van der Waals surface area contributed by atoms with Crippen LogP contribution in [0.25, 0.3) is 48.6 Å². The van der Waals surface area contributed by atoms with Gasteiger partial charge in [-0.15, -0.1) is 11.3 Å². The zero-order chi connectivity index (χ0) is 45.5. The van der Waals surface area contributed by atoms with E-state index in [-0.39, 0.29) is 5.41 Å². The summed E-state index contributed by atoms with van der Waals surface area (Å²) in [5, 5.41) is 1.03. The van der Waals surface area contributed by atoms with E-state index >= 15 is 0 Å². The molecule has 0 fully saturated rings. The van der Waals surface area contributed by atoms with Crippen LogP contribution in [0.1, 0.15) is 73.8 Å². The van der Waals surface area contributed by atoms with Crippen LogP contribution in [0.3, 0.4) is 0 Å². The van der Waals surface area contributed by atoms with E-state index in [1.807, 2.05) is 23.5 Å².